The summed E-state index contributed by atoms with van der Waals surface area (Å²) in [5, 5.41) is 3.14. The monoisotopic (exact) mass is 498 g/mol. The third kappa shape index (κ3) is 8.31. The lowest BCUT2D eigenvalue weighted by Crippen LogP contribution is -2.52. The Bertz CT molecular complexity index is 1140. The topological polar surface area (TPSA) is 49.4 Å². The van der Waals surface area contributed by atoms with Gasteiger partial charge in [-0.25, -0.2) is 0 Å². The molecule has 3 aromatic carbocycles. The van der Waals surface area contributed by atoms with Crippen molar-refractivity contribution in [1.29, 1.82) is 0 Å². The predicted molar refractivity (Wildman–Crippen MR) is 152 cm³/mol. The number of rotatable bonds is 12. The van der Waals surface area contributed by atoms with E-state index in [0.29, 0.717) is 31.7 Å². The van der Waals surface area contributed by atoms with E-state index in [4.69, 9.17) is 0 Å². The molecule has 0 aliphatic rings. The molecule has 4 nitrogen and oxygen atoms in total. The second kappa shape index (κ2) is 13.8. The quantitative estimate of drug-likeness (QED) is 0.306. The summed E-state index contributed by atoms with van der Waals surface area (Å²) in [5.74, 6) is 0.376. The third-order valence-electron chi connectivity index (χ3n) is 7.15. The molecule has 0 saturated heterocycles. The zero-order chi connectivity index (χ0) is 26.8. The smallest absolute Gasteiger partial charge is 0.243 e. The van der Waals surface area contributed by atoms with Crippen molar-refractivity contribution in [3.05, 3.63) is 107 Å². The number of benzene rings is 3. The molecule has 1 N–H and O–H groups in total. The maximum atomic E-state index is 13.8. The van der Waals surface area contributed by atoms with Crippen molar-refractivity contribution in [2.24, 2.45) is 0 Å². The summed E-state index contributed by atoms with van der Waals surface area (Å²) in [4.78, 5) is 29.3. The van der Waals surface area contributed by atoms with Crippen LogP contribution in [0.3, 0.4) is 0 Å². The average Bonchev–Trinajstić information content (AvgIpc) is 2.90. The molecule has 2 unspecified atom stereocenters. The Morgan fingerprint density at radius 1 is 0.838 bits per heavy atom. The van der Waals surface area contributed by atoms with Gasteiger partial charge in [0.2, 0.25) is 11.8 Å². The summed E-state index contributed by atoms with van der Waals surface area (Å²) in [6, 6.07) is 26.1. The molecule has 2 atom stereocenters. The predicted octanol–water partition coefficient (Wildman–Crippen LogP) is 6.61. The summed E-state index contributed by atoms with van der Waals surface area (Å²) >= 11 is 0. The molecule has 0 radical (unpaired) electrons. The molecule has 0 aromatic heterocycles. The van der Waals surface area contributed by atoms with Crippen molar-refractivity contribution < 1.29 is 9.59 Å². The van der Waals surface area contributed by atoms with E-state index in [2.05, 4.69) is 63.3 Å². The van der Waals surface area contributed by atoms with E-state index in [1.165, 1.54) is 5.56 Å². The lowest BCUT2D eigenvalue weighted by Gasteiger charge is -2.33. The van der Waals surface area contributed by atoms with Crippen LogP contribution in [0.15, 0.2) is 78.9 Å². The summed E-state index contributed by atoms with van der Waals surface area (Å²) in [5.41, 5.74) is 5.65. The number of nitrogens with one attached hydrogen (secondary N) is 1. The van der Waals surface area contributed by atoms with Gasteiger partial charge < -0.3 is 10.2 Å². The molecule has 196 valence electrons. The molecule has 0 aliphatic carbocycles. The molecule has 0 aliphatic heterocycles. The number of hydrogen-bond acceptors (Lipinski definition) is 2. The van der Waals surface area contributed by atoms with Crippen LogP contribution in [0.25, 0.3) is 0 Å². The van der Waals surface area contributed by atoms with Gasteiger partial charge >= 0.3 is 0 Å². The highest BCUT2D eigenvalue weighted by Crippen LogP contribution is 2.20. The number of amides is 2. The van der Waals surface area contributed by atoms with Gasteiger partial charge in [0.05, 0.1) is 0 Å². The number of nitrogens with zero attached hydrogens (tertiary/aromatic N) is 1. The standard InChI is InChI=1S/C33H42N2O2/c1-6-26(5)34-33(37)31(22-28-13-8-7-9-14-28)35(23-30-15-11-10-12-25(30)4)32(36)21-18-27-16-19-29(20-17-27)24(2)3/h7-17,19-20,24,26,31H,6,18,21-23H2,1-5H3,(H,34,37). The van der Waals surface area contributed by atoms with E-state index in [9.17, 15) is 9.59 Å². The van der Waals surface area contributed by atoms with Crippen molar-refractivity contribution in [3.63, 3.8) is 0 Å². The van der Waals surface area contributed by atoms with Crippen molar-refractivity contribution >= 4 is 11.8 Å². The van der Waals surface area contributed by atoms with Crippen LogP contribution in [0.1, 0.15) is 74.3 Å². The van der Waals surface area contributed by atoms with Gasteiger partial charge in [0.1, 0.15) is 6.04 Å². The first-order chi connectivity index (χ1) is 17.8. The molecule has 3 rings (SSSR count). The molecule has 0 saturated carbocycles. The Hall–Kier alpha value is -3.40. The molecule has 0 heterocycles. The molecule has 0 bridgehead atoms. The van der Waals surface area contributed by atoms with Gasteiger partial charge in [0.15, 0.2) is 0 Å². The second-order valence-electron chi connectivity index (χ2n) is 10.4. The third-order valence-corrected chi connectivity index (χ3v) is 7.15. The summed E-state index contributed by atoms with van der Waals surface area (Å²) in [7, 11) is 0. The first kappa shape index (κ1) is 28.2. The zero-order valence-corrected chi connectivity index (χ0v) is 23.0. The highest BCUT2D eigenvalue weighted by atomic mass is 16.2. The average molecular weight is 499 g/mol. The van der Waals surface area contributed by atoms with Crippen LogP contribution in [0.2, 0.25) is 0 Å². The number of aryl methyl sites for hydroxylation is 2. The fourth-order valence-corrected chi connectivity index (χ4v) is 4.43. The van der Waals surface area contributed by atoms with Gasteiger partial charge in [-0.15, -0.1) is 0 Å². The molecule has 0 spiro atoms. The molecule has 3 aromatic rings. The maximum absolute atomic E-state index is 13.8. The van der Waals surface area contributed by atoms with E-state index in [1.807, 2.05) is 55.5 Å². The van der Waals surface area contributed by atoms with Gasteiger partial charge in [-0.1, -0.05) is 99.6 Å². The zero-order valence-electron chi connectivity index (χ0n) is 23.0. The Kier molecular flexibility index (Phi) is 10.5. The van der Waals surface area contributed by atoms with Crippen LogP contribution in [-0.4, -0.2) is 28.8 Å². The summed E-state index contributed by atoms with van der Waals surface area (Å²) < 4.78 is 0. The van der Waals surface area contributed by atoms with Gasteiger partial charge in [-0.05, 0) is 60.4 Å². The second-order valence-corrected chi connectivity index (χ2v) is 10.4. The van der Waals surface area contributed by atoms with Crippen LogP contribution >= 0.6 is 0 Å². The lowest BCUT2D eigenvalue weighted by atomic mass is 9.99. The highest BCUT2D eigenvalue weighted by Gasteiger charge is 2.31. The Morgan fingerprint density at radius 2 is 1.49 bits per heavy atom. The largest absolute Gasteiger partial charge is 0.352 e. The van der Waals surface area contributed by atoms with Gasteiger partial charge in [0, 0.05) is 25.4 Å². The molecule has 37 heavy (non-hydrogen) atoms. The fourth-order valence-electron chi connectivity index (χ4n) is 4.43. The molecular weight excluding hydrogens is 456 g/mol. The van der Waals surface area contributed by atoms with Gasteiger partial charge in [-0.2, -0.15) is 0 Å². The number of hydrogen-bond donors (Lipinski definition) is 1. The fraction of sp³-hybridized carbons (Fsp3) is 0.394. The lowest BCUT2D eigenvalue weighted by molar-refractivity contribution is -0.141. The van der Waals surface area contributed by atoms with Gasteiger partial charge in [-0.3, -0.25) is 9.59 Å². The first-order valence-electron chi connectivity index (χ1n) is 13.6. The first-order valence-corrected chi connectivity index (χ1v) is 13.6. The normalized spacial score (nSPS) is 12.7. The maximum Gasteiger partial charge on any atom is 0.243 e. The van der Waals surface area contributed by atoms with E-state index < -0.39 is 6.04 Å². The Balaban J connectivity index is 1.90. The van der Waals surface area contributed by atoms with Crippen LogP contribution in [0.5, 0.6) is 0 Å². The number of carbonyl (C=O) groups excluding carboxylic acids is 2. The summed E-state index contributed by atoms with van der Waals surface area (Å²) in [6.45, 7) is 10.9. The number of carbonyl (C=O) groups is 2. The Morgan fingerprint density at radius 3 is 2.11 bits per heavy atom. The van der Waals surface area contributed by atoms with Crippen molar-refractivity contribution in [3.8, 4) is 0 Å². The highest BCUT2D eigenvalue weighted by molar-refractivity contribution is 5.88. The van der Waals surface area contributed by atoms with Crippen LogP contribution < -0.4 is 5.32 Å². The summed E-state index contributed by atoms with van der Waals surface area (Å²) in [6.07, 6.45) is 2.31. The minimum atomic E-state index is -0.591. The van der Waals surface area contributed by atoms with Crippen molar-refractivity contribution in [1.82, 2.24) is 10.2 Å². The minimum absolute atomic E-state index is 0.00331. The van der Waals surface area contributed by atoms with Crippen LogP contribution in [-0.2, 0) is 29.0 Å². The molecule has 0 fully saturated rings. The van der Waals surface area contributed by atoms with E-state index in [-0.39, 0.29) is 17.9 Å². The Labute approximate surface area is 223 Å². The molecule has 2 amide bonds. The van der Waals surface area contributed by atoms with Crippen molar-refractivity contribution in [2.75, 3.05) is 0 Å². The van der Waals surface area contributed by atoms with Crippen LogP contribution in [0, 0.1) is 6.92 Å². The van der Waals surface area contributed by atoms with E-state index in [1.54, 1.807) is 4.90 Å². The van der Waals surface area contributed by atoms with E-state index >= 15 is 0 Å². The SMILES string of the molecule is CCC(C)NC(=O)C(Cc1ccccc1)N(Cc1ccccc1C)C(=O)CCc1ccc(C(C)C)cc1. The molecular formula is C33H42N2O2. The minimum Gasteiger partial charge on any atom is -0.352 e. The van der Waals surface area contributed by atoms with Crippen LogP contribution in [0.4, 0.5) is 0 Å². The van der Waals surface area contributed by atoms with Crippen molar-refractivity contribution in [2.45, 2.75) is 84.8 Å². The van der Waals surface area contributed by atoms with Gasteiger partial charge in [0.25, 0.3) is 0 Å². The van der Waals surface area contributed by atoms with E-state index in [0.717, 1.165) is 28.7 Å². The molecule has 4 heteroatoms.